The molecule has 3 nitrogen and oxygen atoms in total. The molecule has 0 saturated carbocycles. The molecule has 0 bridgehead atoms. The average Bonchev–Trinajstić information content (AvgIpc) is 2.65. The quantitative estimate of drug-likeness (QED) is 0.859. The summed E-state index contributed by atoms with van der Waals surface area (Å²) >= 11 is 2.03. The van der Waals surface area contributed by atoms with Crippen LogP contribution in [0.4, 0.5) is 0 Å². The molecule has 102 valence electrons. The van der Waals surface area contributed by atoms with Crippen LogP contribution in [0.15, 0.2) is 30.3 Å². The number of hydrogen-bond acceptors (Lipinski definition) is 3. The highest BCUT2D eigenvalue weighted by molar-refractivity contribution is 7.99. The van der Waals surface area contributed by atoms with Gasteiger partial charge < -0.3 is 5.11 Å². The van der Waals surface area contributed by atoms with E-state index in [1.165, 1.54) is 29.6 Å². The second kappa shape index (κ2) is 7.36. The molecular weight excluding hydrogens is 258 g/mol. The van der Waals surface area contributed by atoms with Gasteiger partial charge in [-0.15, -0.1) is 0 Å². The van der Waals surface area contributed by atoms with E-state index in [0.29, 0.717) is 0 Å². The number of carboxylic acids is 1. The molecule has 1 N–H and O–H groups in total. The van der Waals surface area contributed by atoms with Crippen LogP contribution in [0.25, 0.3) is 6.08 Å². The van der Waals surface area contributed by atoms with Crippen LogP contribution in [0.1, 0.15) is 17.5 Å². The molecule has 1 aromatic rings. The zero-order valence-electron chi connectivity index (χ0n) is 10.9. The highest BCUT2D eigenvalue weighted by Crippen LogP contribution is 2.14. The lowest BCUT2D eigenvalue weighted by Gasteiger charge is -2.19. The molecule has 0 radical (unpaired) electrons. The van der Waals surface area contributed by atoms with Crippen LogP contribution in [-0.4, -0.2) is 40.6 Å². The Labute approximate surface area is 118 Å². The van der Waals surface area contributed by atoms with Crippen LogP contribution in [0.2, 0.25) is 0 Å². The molecule has 2 rings (SSSR count). The van der Waals surface area contributed by atoms with Crippen LogP contribution in [0, 0.1) is 0 Å². The molecule has 0 aromatic heterocycles. The van der Waals surface area contributed by atoms with E-state index in [1.54, 1.807) is 6.08 Å². The normalized spacial score (nSPS) is 17.5. The van der Waals surface area contributed by atoms with Crippen LogP contribution < -0.4 is 0 Å². The maximum absolute atomic E-state index is 10.5. The summed E-state index contributed by atoms with van der Waals surface area (Å²) in [6.45, 7) is 3.25. The molecule has 4 heteroatoms. The Morgan fingerprint density at radius 3 is 3.11 bits per heavy atom. The highest BCUT2D eigenvalue weighted by atomic mass is 32.2. The van der Waals surface area contributed by atoms with Crippen molar-refractivity contribution in [2.45, 2.75) is 13.0 Å². The fourth-order valence-electron chi connectivity index (χ4n) is 2.18. The summed E-state index contributed by atoms with van der Waals surface area (Å²) in [7, 11) is 0. The SMILES string of the molecule is O=C(O)C=Cc1cccc(CN2CCCSCC2)c1. The standard InChI is InChI=1S/C15H19NO2S/c17-15(18)6-5-13-3-1-4-14(11-13)12-16-7-2-9-19-10-8-16/h1,3-6,11H,2,7-10,12H2,(H,17,18). The summed E-state index contributed by atoms with van der Waals surface area (Å²) in [6, 6.07) is 8.10. The Kier molecular flexibility index (Phi) is 5.48. The lowest BCUT2D eigenvalue weighted by molar-refractivity contribution is -0.131. The molecule has 1 aliphatic rings. The Balaban J connectivity index is 1.99. The van der Waals surface area contributed by atoms with Crippen LogP contribution in [0.3, 0.4) is 0 Å². The van der Waals surface area contributed by atoms with E-state index >= 15 is 0 Å². The van der Waals surface area contributed by atoms with Crippen LogP contribution in [-0.2, 0) is 11.3 Å². The molecule has 0 amide bonds. The molecule has 0 atom stereocenters. The van der Waals surface area contributed by atoms with Crippen LogP contribution >= 0.6 is 11.8 Å². The third-order valence-electron chi connectivity index (χ3n) is 3.09. The van der Waals surface area contributed by atoms with Gasteiger partial charge in [0.2, 0.25) is 0 Å². The molecule has 1 aliphatic heterocycles. The zero-order chi connectivity index (χ0) is 13.5. The van der Waals surface area contributed by atoms with Crippen LogP contribution in [0.5, 0.6) is 0 Å². The molecule has 1 heterocycles. The lowest BCUT2D eigenvalue weighted by Crippen LogP contribution is -2.25. The second-order valence-electron chi connectivity index (χ2n) is 4.66. The van der Waals surface area contributed by atoms with Crippen molar-refractivity contribution in [1.29, 1.82) is 0 Å². The van der Waals surface area contributed by atoms with Crippen molar-refractivity contribution in [3.05, 3.63) is 41.5 Å². The monoisotopic (exact) mass is 277 g/mol. The molecule has 0 unspecified atom stereocenters. The van der Waals surface area contributed by atoms with Gasteiger partial charge in [-0.3, -0.25) is 4.90 Å². The number of thioether (sulfide) groups is 1. The maximum Gasteiger partial charge on any atom is 0.328 e. The number of carboxylic acid groups (broad SMARTS) is 1. The molecule has 1 saturated heterocycles. The average molecular weight is 277 g/mol. The third-order valence-corrected chi connectivity index (χ3v) is 4.14. The third kappa shape index (κ3) is 5.09. The Hall–Kier alpha value is -1.26. The van der Waals surface area contributed by atoms with Crippen molar-refractivity contribution in [3.8, 4) is 0 Å². The second-order valence-corrected chi connectivity index (χ2v) is 5.88. The van der Waals surface area contributed by atoms with Gasteiger partial charge in [-0.2, -0.15) is 11.8 Å². The Bertz CT molecular complexity index is 451. The van der Waals surface area contributed by atoms with Gasteiger partial charge in [0.25, 0.3) is 0 Å². The smallest absolute Gasteiger partial charge is 0.328 e. The predicted octanol–water partition coefficient (Wildman–Crippen LogP) is 2.72. The van der Waals surface area contributed by atoms with Gasteiger partial charge in [0, 0.05) is 24.9 Å². The summed E-state index contributed by atoms with van der Waals surface area (Å²) in [5, 5.41) is 8.64. The van der Waals surface area contributed by atoms with E-state index in [4.69, 9.17) is 5.11 Å². The fourth-order valence-corrected chi connectivity index (χ4v) is 3.10. The van der Waals surface area contributed by atoms with Crippen molar-refractivity contribution >= 4 is 23.8 Å². The minimum atomic E-state index is -0.907. The van der Waals surface area contributed by atoms with Crippen molar-refractivity contribution in [2.75, 3.05) is 24.6 Å². The minimum Gasteiger partial charge on any atom is -0.478 e. The number of benzene rings is 1. The first-order valence-electron chi connectivity index (χ1n) is 6.54. The molecular formula is C15H19NO2S. The van der Waals surface area contributed by atoms with Gasteiger partial charge in [-0.25, -0.2) is 4.79 Å². The zero-order valence-corrected chi connectivity index (χ0v) is 11.7. The van der Waals surface area contributed by atoms with Gasteiger partial charge >= 0.3 is 5.97 Å². The number of aliphatic carboxylic acids is 1. The Morgan fingerprint density at radius 2 is 2.26 bits per heavy atom. The van der Waals surface area contributed by atoms with E-state index in [9.17, 15) is 4.79 Å². The van der Waals surface area contributed by atoms with Crippen molar-refractivity contribution in [2.24, 2.45) is 0 Å². The highest BCUT2D eigenvalue weighted by Gasteiger charge is 2.09. The molecule has 0 aliphatic carbocycles. The largest absolute Gasteiger partial charge is 0.478 e. The fraction of sp³-hybridized carbons (Fsp3) is 0.400. The molecule has 19 heavy (non-hydrogen) atoms. The van der Waals surface area contributed by atoms with Crippen molar-refractivity contribution in [3.63, 3.8) is 0 Å². The van der Waals surface area contributed by atoms with Gasteiger partial charge in [0.1, 0.15) is 0 Å². The first-order chi connectivity index (χ1) is 9.24. The summed E-state index contributed by atoms with van der Waals surface area (Å²) in [6.07, 6.45) is 4.08. The van der Waals surface area contributed by atoms with Crippen molar-refractivity contribution in [1.82, 2.24) is 4.90 Å². The first kappa shape index (κ1) is 14.2. The summed E-state index contributed by atoms with van der Waals surface area (Å²) in [4.78, 5) is 13.0. The lowest BCUT2D eigenvalue weighted by atomic mass is 10.1. The van der Waals surface area contributed by atoms with E-state index in [-0.39, 0.29) is 0 Å². The summed E-state index contributed by atoms with van der Waals surface area (Å²) < 4.78 is 0. The molecule has 1 fully saturated rings. The Morgan fingerprint density at radius 1 is 1.37 bits per heavy atom. The molecule has 1 aromatic carbocycles. The predicted molar refractivity (Wildman–Crippen MR) is 80.3 cm³/mol. The van der Waals surface area contributed by atoms with Gasteiger partial charge in [0.15, 0.2) is 0 Å². The minimum absolute atomic E-state index is 0.907. The number of carbonyl (C=O) groups is 1. The van der Waals surface area contributed by atoms with E-state index in [1.807, 2.05) is 23.9 Å². The topological polar surface area (TPSA) is 40.5 Å². The number of rotatable bonds is 4. The summed E-state index contributed by atoms with van der Waals surface area (Å²) in [5.74, 6) is 1.56. The number of nitrogens with zero attached hydrogens (tertiary/aromatic N) is 1. The van der Waals surface area contributed by atoms with E-state index in [0.717, 1.165) is 25.2 Å². The van der Waals surface area contributed by atoms with Crippen molar-refractivity contribution < 1.29 is 9.90 Å². The van der Waals surface area contributed by atoms with E-state index in [2.05, 4.69) is 17.0 Å². The molecule has 0 spiro atoms. The maximum atomic E-state index is 10.5. The van der Waals surface area contributed by atoms with Gasteiger partial charge in [-0.1, -0.05) is 24.3 Å². The van der Waals surface area contributed by atoms with E-state index < -0.39 is 5.97 Å². The number of hydrogen-bond donors (Lipinski definition) is 1. The summed E-state index contributed by atoms with van der Waals surface area (Å²) in [5.41, 5.74) is 2.20. The first-order valence-corrected chi connectivity index (χ1v) is 7.69. The van der Waals surface area contributed by atoms with Gasteiger partial charge in [0.05, 0.1) is 0 Å². The van der Waals surface area contributed by atoms with Gasteiger partial charge in [-0.05, 0) is 35.9 Å².